The summed E-state index contributed by atoms with van der Waals surface area (Å²) in [6.45, 7) is 0. The summed E-state index contributed by atoms with van der Waals surface area (Å²) in [7, 11) is 0. The minimum absolute atomic E-state index is 0.369. The molecule has 142 valence electrons. The molecule has 28 heavy (non-hydrogen) atoms. The third kappa shape index (κ3) is 3.90. The topological polar surface area (TPSA) is 63.6 Å². The third-order valence-corrected chi connectivity index (χ3v) is 5.19. The van der Waals surface area contributed by atoms with Gasteiger partial charge in [0.05, 0.1) is 11.9 Å². The summed E-state index contributed by atoms with van der Waals surface area (Å²) >= 11 is 7.61. The Morgan fingerprint density at radius 3 is 2.57 bits per heavy atom. The summed E-state index contributed by atoms with van der Waals surface area (Å²) in [5.74, 6) is 0.396. The molecule has 5 nitrogen and oxygen atoms in total. The zero-order valence-corrected chi connectivity index (χ0v) is 15.6. The van der Waals surface area contributed by atoms with Gasteiger partial charge in [0.15, 0.2) is 5.82 Å². The van der Waals surface area contributed by atoms with Gasteiger partial charge in [-0.2, -0.15) is 13.2 Å². The largest absolute Gasteiger partial charge is 0.433 e. The van der Waals surface area contributed by atoms with E-state index in [1.165, 1.54) is 23.7 Å². The van der Waals surface area contributed by atoms with Crippen LogP contribution in [0.25, 0.3) is 10.3 Å². The second-order valence-corrected chi connectivity index (χ2v) is 7.28. The Labute approximate surface area is 166 Å². The molecule has 1 aromatic carbocycles. The number of hydrogen-bond donors (Lipinski definition) is 1. The molecule has 0 saturated carbocycles. The maximum atomic E-state index is 12.6. The van der Waals surface area contributed by atoms with Crippen LogP contribution in [0, 0.1) is 0 Å². The van der Waals surface area contributed by atoms with Crippen LogP contribution in [0.15, 0.2) is 48.9 Å². The van der Waals surface area contributed by atoms with Crippen LogP contribution in [-0.2, 0) is 12.6 Å². The van der Waals surface area contributed by atoms with E-state index in [0.717, 1.165) is 22.8 Å². The van der Waals surface area contributed by atoms with E-state index in [1.54, 1.807) is 0 Å². The number of benzene rings is 1. The summed E-state index contributed by atoms with van der Waals surface area (Å²) in [5, 5.41) is 4.41. The molecule has 0 amide bonds. The van der Waals surface area contributed by atoms with Gasteiger partial charge in [0, 0.05) is 11.4 Å². The van der Waals surface area contributed by atoms with E-state index in [2.05, 4.69) is 25.3 Å². The molecule has 0 saturated heterocycles. The Hall–Kier alpha value is -2.78. The molecule has 4 rings (SSSR count). The standard InChI is InChI=1S/C18H11ClF3N5S/c19-12-4-2-1-3-10(12)7-14-27-15-16(24-9-25-17(15)28-14)26-11-5-6-13(23-8-11)18(20,21)22/h1-6,8-9H,7H2,(H,24,25,26). The average Bonchev–Trinajstić information content (AvgIpc) is 3.07. The maximum absolute atomic E-state index is 12.6. The van der Waals surface area contributed by atoms with Gasteiger partial charge in [-0.3, -0.25) is 0 Å². The number of nitrogens with one attached hydrogen (secondary N) is 1. The SMILES string of the molecule is FC(F)(F)c1ccc(Nc2ncnc3sc(Cc4ccccc4Cl)nc23)cn1. The first-order valence-corrected chi connectivity index (χ1v) is 9.24. The lowest BCUT2D eigenvalue weighted by atomic mass is 10.2. The fourth-order valence-corrected chi connectivity index (χ4v) is 3.67. The highest BCUT2D eigenvalue weighted by Gasteiger charge is 2.32. The number of fused-ring (bicyclic) bond motifs is 1. The molecular formula is C18H11ClF3N5S. The van der Waals surface area contributed by atoms with E-state index in [9.17, 15) is 13.2 Å². The minimum Gasteiger partial charge on any atom is -0.337 e. The predicted molar refractivity (Wildman–Crippen MR) is 102 cm³/mol. The number of thiazole rings is 1. The fraction of sp³-hybridized carbons (Fsp3) is 0.111. The van der Waals surface area contributed by atoms with Gasteiger partial charge in [0.1, 0.15) is 27.4 Å². The highest BCUT2D eigenvalue weighted by atomic mass is 35.5. The van der Waals surface area contributed by atoms with E-state index in [1.807, 2.05) is 24.3 Å². The molecular weight excluding hydrogens is 411 g/mol. The summed E-state index contributed by atoms with van der Waals surface area (Å²) in [4.78, 5) is 17.1. The van der Waals surface area contributed by atoms with Crippen LogP contribution in [0.1, 0.15) is 16.3 Å². The molecule has 10 heteroatoms. The summed E-state index contributed by atoms with van der Waals surface area (Å²) < 4.78 is 37.9. The molecule has 3 aromatic heterocycles. The predicted octanol–water partition coefficient (Wildman–Crippen LogP) is 5.49. The number of aromatic nitrogens is 4. The van der Waals surface area contributed by atoms with Crippen LogP contribution >= 0.6 is 22.9 Å². The van der Waals surface area contributed by atoms with Crippen molar-refractivity contribution in [3.05, 3.63) is 70.2 Å². The van der Waals surface area contributed by atoms with E-state index < -0.39 is 11.9 Å². The van der Waals surface area contributed by atoms with Gasteiger partial charge >= 0.3 is 6.18 Å². The summed E-state index contributed by atoms with van der Waals surface area (Å²) in [6.07, 6.45) is -1.46. The lowest BCUT2D eigenvalue weighted by Crippen LogP contribution is -2.07. The van der Waals surface area contributed by atoms with E-state index in [-0.39, 0.29) is 0 Å². The number of rotatable bonds is 4. The quantitative estimate of drug-likeness (QED) is 0.472. The molecule has 0 bridgehead atoms. The normalized spacial score (nSPS) is 11.7. The van der Waals surface area contributed by atoms with E-state index in [4.69, 9.17) is 11.6 Å². The minimum atomic E-state index is -4.48. The van der Waals surface area contributed by atoms with Crippen molar-refractivity contribution in [2.45, 2.75) is 12.6 Å². The Bertz CT molecular complexity index is 1130. The molecule has 0 aliphatic carbocycles. The summed E-state index contributed by atoms with van der Waals surface area (Å²) in [5.41, 5.74) is 0.891. The molecule has 0 spiro atoms. The molecule has 0 unspecified atom stereocenters. The lowest BCUT2D eigenvalue weighted by molar-refractivity contribution is -0.141. The first-order valence-electron chi connectivity index (χ1n) is 8.04. The average molecular weight is 422 g/mol. The Morgan fingerprint density at radius 2 is 1.86 bits per heavy atom. The number of halogens is 4. The lowest BCUT2D eigenvalue weighted by Gasteiger charge is -2.08. The number of hydrogen-bond acceptors (Lipinski definition) is 6. The monoisotopic (exact) mass is 421 g/mol. The maximum Gasteiger partial charge on any atom is 0.433 e. The molecule has 3 heterocycles. The summed E-state index contributed by atoms with van der Waals surface area (Å²) in [6, 6.07) is 9.70. The van der Waals surface area contributed by atoms with Gasteiger partial charge in [-0.1, -0.05) is 41.1 Å². The molecule has 0 atom stereocenters. The second-order valence-electron chi connectivity index (χ2n) is 5.81. The van der Waals surface area contributed by atoms with Crippen molar-refractivity contribution in [2.75, 3.05) is 5.32 Å². The number of pyridine rings is 1. The Morgan fingerprint density at radius 1 is 1.04 bits per heavy atom. The van der Waals surface area contributed by atoms with Crippen LogP contribution in [-0.4, -0.2) is 19.9 Å². The highest BCUT2D eigenvalue weighted by molar-refractivity contribution is 7.18. The van der Waals surface area contributed by atoms with Gasteiger partial charge in [0.25, 0.3) is 0 Å². The van der Waals surface area contributed by atoms with Crippen LogP contribution in [0.4, 0.5) is 24.7 Å². The van der Waals surface area contributed by atoms with Crippen molar-refractivity contribution in [3.8, 4) is 0 Å². The van der Waals surface area contributed by atoms with Crippen molar-refractivity contribution in [3.63, 3.8) is 0 Å². The first-order chi connectivity index (χ1) is 13.4. The fourth-order valence-electron chi connectivity index (χ4n) is 2.54. The van der Waals surface area contributed by atoms with Crippen LogP contribution in [0.5, 0.6) is 0 Å². The van der Waals surface area contributed by atoms with Gasteiger partial charge in [-0.15, -0.1) is 0 Å². The van der Waals surface area contributed by atoms with E-state index in [0.29, 0.717) is 33.3 Å². The van der Waals surface area contributed by atoms with Gasteiger partial charge < -0.3 is 5.32 Å². The van der Waals surface area contributed by atoms with Gasteiger partial charge in [-0.05, 0) is 23.8 Å². The molecule has 4 aromatic rings. The number of nitrogens with zero attached hydrogens (tertiary/aromatic N) is 4. The Kier molecular flexibility index (Phi) is 4.86. The zero-order chi connectivity index (χ0) is 19.7. The van der Waals surface area contributed by atoms with Crippen LogP contribution < -0.4 is 5.32 Å². The van der Waals surface area contributed by atoms with E-state index >= 15 is 0 Å². The number of anilines is 2. The molecule has 0 radical (unpaired) electrons. The molecule has 0 aliphatic rings. The van der Waals surface area contributed by atoms with Crippen LogP contribution in [0.2, 0.25) is 5.02 Å². The first kappa shape index (κ1) is 18.6. The zero-order valence-electron chi connectivity index (χ0n) is 14.0. The molecule has 0 fully saturated rings. The van der Waals surface area contributed by atoms with Crippen molar-refractivity contribution in [1.29, 1.82) is 0 Å². The second kappa shape index (κ2) is 7.33. The van der Waals surface area contributed by atoms with Gasteiger partial charge in [-0.25, -0.2) is 19.9 Å². The van der Waals surface area contributed by atoms with Gasteiger partial charge in [0.2, 0.25) is 0 Å². The van der Waals surface area contributed by atoms with Crippen molar-refractivity contribution in [2.24, 2.45) is 0 Å². The Balaban J connectivity index is 1.61. The third-order valence-electron chi connectivity index (χ3n) is 3.86. The molecule has 1 N–H and O–H groups in total. The smallest absolute Gasteiger partial charge is 0.337 e. The van der Waals surface area contributed by atoms with Crippen LogP contribution in [0.3, 0.4) is 0 Å². The number of alkyl halides is 3. The highest BCUT2D eigenvalue weighted by Crippen LogP contribution is 2.31. The van der Waals surface area contributed by atoms with Crippen molar-refractivity contribution in [1.82, 2.24) is 19.9 Å². The van der Waals surface area contributed by atoms with Crippen molar-refractivity contribution >= 4 is 44.8 Å². The van der Waals surface area contributed by atoms with Crippen molar-refractivity contribution < 1.29 is 13.2 Å². The molecule has 0 aliphatic heterocycles.